The summed E-state index contributed by atoms with van der Waals surface area (Å²) in [5.74, 6) is 0.687. The molecule has 1 fully saturated rings. The smallest absolute Gasteiger partial charge is 0.418 e. The lowest BCUT2D eigenvalue weighted by Crippen LogP contribution is -2.38. The van der Waals surface area contributed by atoms with Gasteiger partial charge in [-0.2, -0.15) is 0 Å². The van der Waals surface area contributed by atoms with Gasteiger partial charge in [-0.25, -0.2) is 13.3 Å². The van der Waals surface area contributed by atoms with Crippen molar-refractivity contribution in [3.8, 4) is 5.75 Å². The standard InChI is InChI=1S/C40H45BrN2O4S/c1-29-15-25-36(26-16-29)48(45)43(27-30-17-19-33(41)20-18-30)38(31-11-7-6-8-12-31)37-14-10-9-13-32(37)28-42(39(44)47-40(2,3)4)34-21-23-35(46-5)24-22-34/h6-8,11-12,15-26,28,37-38H,9-10,13-14,27H2,1-5H3/t37-,38+,48+/m1/s1. The van der Waals surface area contributed by atoms with Crippen LogP contribution in [0, 0.1) is 12.8 Å². The van der Waals surface area contributed by atoms with Gasteiger partial charge in [0.25, 0.3) is 0 Å². The average molecular weight is 730 g/mol. The second-order valence-electron chi connectivity index (χ2n) is 13.2. The zero-order valence-electron chi connectivity index (χ0n) is 28.4. The van der Waals surface area contributed by atoms with Gasteiger partial charge in [0.05, 0.1) is 23.7 Å². The summed E-state index contributed by atoms with van der Waals surface area (Å²) in [6.07, 6.45) is 5.26. The molecular weight excluding hydrogens is 684 g/mol. The van der Waals surface area contributed by atoms with Crippen molar-refractivity contribution in [2.45, 2.75) is 76.5 Å². The minimum Gasteiger partial charge on any atom is -0.497 e. The lowest BCUT2D eigenvalue weighted by Gasteiger charge is -2.40. The quantitative estimate of drug-likeness (QED) is 0.163. The molecule has 0 bridgehead atoms. The number of rotatable bonds is 10. The van der Waals surface area contributed by atoms with Gasteiger partial charge in [0.2, 0.25) is 0 Å². The number of hydrogen-bond acceptors (Lipinski definition) is 4. The lowest BCUT2D eigenvalue weighted by molar-refractivity contribution is 0.0595. The van der Waals surface area contributed by atoms with E-state index in [1.54, 1.807) is 12.0 Å². The predicted molar refractivity (Wildman–Crippen MR) is 198 cm³/mol. The molecule has 6 nitrogen and oxygen atoms in total. The number of benzene rings is 4. The highest BCUT2D eigenvalue weighted by Crippen LogP contribution is 2.44. The predicted octanol–water partition coefficient (Wildman–Crippen LogP) is 10.5. The molecule has 0 aliphatic heterocycles. The van der Waals surface area contributed by atoms with Crippen LogP contribution in [0.25, 0.3) is 0 Å². The van der Waals surface area contributed by atoms with Crippen LogP contribution in [0.3, 0.4) is 0 Å². The fourth-order valence-electron chi connectivity index (χ4n) is 6.11. The summed E-state index contributed by atoms with van der Waals surface area (Å²) in [4.78, 5) is 16.2. The van der Waals surface area contributed by atoms with E-state index in [0.29, 0.717) is 18.0 Å². The molecule has 4 aromatic carbocycles. The minimum atomic E-state index is -1.48. The van der Waals surface area contributed by atoms with Gasteiger partial charge in [-0.1, -0.05) is 82.5 Å². The van der Waals surface area contributed by atoms with Crippen LogP contribution in [0.4, 0.5) is 10.5 Å². The van der Waals surface area contributed by atoms with Crippen LogP contribution in [-0.2, 0) is 22.3 Å². The van der Waals surface area contributed by atoms with Crippen molar-refractivity contribution in [1.82, 2.24) is 4.31 Å². The van der Waals surface area contributed by atoms with Crippen molar-refractivity contribution in [2.75, 3.05) is 12.0 Å². The zero-order valence-corrected chi connectivity index (χ0v) is 30.8. The molecule has 0 aromatic heterocycles. The van der Waals surface area contributed by atoms with Gasteiger partial charge in [-0.15, -0.1) is 0 Å². The van der Waals surface area contributed by atoms with E-state index < -0.39 is 22.7 Å². The molecule has 1 aliphatic carbocycles. The molecule has 0 saturated heterocycles. The summed E-state index contributed by atoms with van der Waals surface area (Å²) in [6, 6.07) is 33.8. The molecule has 0 heterocycles. The Morgan fingerprint density at radius 2 is 1.60 bits per heavy atom. The summed E-state index contributed by atoms with van der Waals surface area (Å²) >= 11 is 3.57. The molecule has 4 aromatic rings. The van der Waals surface area contributed by atoms with Gasteiger partial charge >= 0.3 is 6.09 Å². The molecule has 3 atom stereocenters. The first-order valence-corrected chi connectivity index (χ1v) is 18.3. The maximum Gasteiger partial charge on any atom is 0.418 e. The molecule has 5 rings (SSSR count). The third-order valence-electron chi connectivity index (χ3n) is 8.46. The fraction of sp³-hybridized carbons (Fsp3) is 0.325. The minimum absolute atomic E-state index is 0.0193. The Morgan fingerprint density at radius 3 is 2.23 bits per heavy atom. The van der Waals surface area contributed by atoms with Crippen molar-refractivity contribution < 1.29 is 18.5 Å². The number of nitrogens with zero attached hydrogens (tertiary/aromatic N) is 2. The molecule has 1 saturated carbocycles. The van der Waals surface area contributed by atoms with Crippen LogP contribution >= 0.6 is 15.9 Å². The molecular formula is C40H45BrN2O4S. The molecule has 1 amide bonds. The molecule has 0 spiro atoms. The van der Waals surface area contributed by atoms with Crippen LogP contribution in [0.1, 0.15) is 69.2 Å². The van der Waals surface area contributed by atoms with Gasteiger partial charge in [0.15, 0.2) is 0 Å². The van der Waals surface area contributed by atoms with E-state index in [1.807, 2.05) is 113 Å². The second kappa shape index (κ2) is 16.1. The Labute approximate surface area is 296 Å². The number of carbonyl (C=O) groups is 1. The number of hydrogen-bond donors (Lipinski definition) is 0. The lowest BCUT2D eigenvalue weighted by atomic mass is 9.77. The number of carbonyl (C=O) groups excluding carboxylic acids is 1. The number of halogens is 1. The van der Waals surface area contributed by atoms with Crippen molar-refractivity contribution in [2.24, 2.45) is 5.92 Å². The number of anilines is 1. The van der Waals surface area contributed by atoms with Gasteiger partial charge in [-0.05, 0) is 112 Å². The first-order chi connectivity index (χ1) is 23.0. The van der Waals surface area contributed by atoms with E-state index in [2.05, 4.69) is 44.5 Å². The molecule has 0 N–H and O–H groups in total. The number of amides is 1. The first-order valence-electron chi connectivity index (χ1n) is 16.4. The fourth-order valence-corrected chi connectivity index (χ4v) is 7.75. The summed E-state index contributed by atoms with van der Waals surface area (Å²) in [5.41, 5.74) is 4.40. The third kappa shape index (κ3) is 9.24. The molecule has 48 heavy (non-hydrogen) atoms. The van der Waals surface area contributed by atoms with Crippen molar-refractivity contribution in [3.05, 3.63) is 136 Å². The zero-order chi connectivity index (χ0) is 34.3. The summed E-state index contributed by atoms with van der Waals surface area (Å²) in [7, 11) is 0.143. The average Bonchev–Trinajstić information content (AvgIpc) is 3.08. The number of aryl methyl sites for hydroxylation is 1. The Balaban J connectivity index is 1.65. The van der Waals surface area contributed by atoms with Gasteiger partial charge in [0.1, 0.15) is 22.3 Å². The van der Waals surface area contributed by atoms with E-state index in [-0.39, 0.29) is 12.0 Å². The maximum absolute atomic E-state index is 14.8. The highest BCUT2D eigenvalue weighted by molar-refractivity contribution is 9.10. The number of ether oxygens (including phenoxy) is 2. The van der Waals surface area contributed by atoms with Gasteiger partial charge in [0, 0.05) is 23.1 Å². The highest BCUT2D eigenvalue weighted by Gasteiger charge is 2.37. The largest absolute Gasteiger partial charge is 0.497 e. The van der Waals surface area contributed by atoms with E-state index in [1.165, 1.54) is 0 Å². The van der Waals surface area contributed by atoms with Crippen LogP contribution in [0.15, 0.2) is 124 Å². The van der Waals surface area contributed by atoms with Crippen LogP contribution < -0.4 is 9.64 Å². The second-order valence-corrected chi connectivity index (χ2v) is 15.6. The molecule has 252 valence electrons. The number of methoxy groups -OCH3 is 1. The maximum atomic E-state index is 14.8. The van der Waals surface area contributed by atoms with Crippen molar-refractivity contribution >= 4 is 38.7 Å². The Bertz CT molecular complexity index is 1700. The van der Waals surface area contributed by atoms with Gasteiger partial charge in [-0.3, -0.25) is 4.90 Å². The van der Waals surface area contributed by atoms with E-state index in [4.69, 9.17) is 9.47 Å². The first kappa shape index (κ1) is 35.6. The molecule has 0 unspecified atom stereocenters. The van der Waals surface area contributed by atoms with E-state index in [9.17, 15) is 9.00 Å². The summed E-state index contributed by atoms with van der Waals surface area (Å²) in [5, 5.41) is 0. The van der Waals surface area contributed by atoms with E-state index in [0.717, 1.165) is 57.3 Å². The van der Waals surface area contributed by atoms with Crippen molar-refractivity contribution in [1.29, 1.82) is 0 Å². The topological polar surface area (TPSA) is 59.1 Å². The molecule has 0 radical (unpaired) electrons. The van der Waals surface area contributed by atoms with Crippen LogP contribution in [-0.4, -0.2) is 27.3 Å². The summed E-state index contributed by atoms with van der Waals surface area (Å²) < 4.78 is 29.2. The third-order valence-corrected chi connectivity index (χ3v) is 10.4. The van der Waals surface area contributed by atoms with Crippen molar-refractivity contribution in [3.63, 3.8) is 0 Å². The SMILES string of the molecule is COc1ccc(N(C=C2CCCC[C@H]2[C@H](c2ccccc2)N(Cc2ccc(Br)cc2)[S@@](=O)c2ccc(C)cc2)C(=O)OC(C)(C)C)cc1. The monoisotopic (exact) mass is 728 g/mol. The Kier molecular flexibility index (Phi) is 11.9. The Hall–Kier alpha value is -3.72. The van der Waals surface area contributed by atoms with Crippen LogP contribution in [0.2, 0.25) is 0 Å². The normalized spacial score (nSPS) is 17.1. The van der Waals surface area contributed by atoms with E-state index >= 15 is 0 Å². The highest BCUT2D eigenvalue weighted by atomic mass is 79.9. The summed E-state index contributed by atoms with van der Waals surface area (Å²) in [6.45, 7) is 8.14. The molecule has 1 aliphatic rings. The Morgan fingerprint density at radius 1 is 0.938 bits per heavy atom. The molecule has 8 heteroatoms. The van der Waals surface area contributed by atoms with Gasteiger partial charge < -0.3 is 9.47 Å². The van der Waals surface area contributed by atoms with Crippen LogP contribution in [0.5, 0.6) is 5.75 Å².